The monoisotopic (exact) mass is 502 g/mol. The van der Waals surface area contributed by atoms with Crippen LogP contribution in [0.3, 0.4) is 0 Å². The molecule has 2 heterocycles. The van der Waals surface area contributed by atoms with Crippen LogP contribution in [0.25, 0.3) is 33.2 Å². The zero-order valence-corrected chi connectivity index (χ0v) is 20.7. The van der Waals surface area contributed by atoms with Crippen LogP contribution in [0, 0.1) is 18.6 Å². The summed E-state index contributed by atoms with van der Waals surface area (Å²) in [5.41, 5.74) is 11.5. The molecular weight excluding hydrogens is 474 g/mol. The lowest BCUT2D eigenvalue weighted by atomic mass is 9.95. The zero-order chi connectivity index (χ0) is 26.1. The number of hydrogen-bond donors (Lipinski definition) is 2. The number of carbonyl (C=O) groups excluding carboxylic acids is 1. The highest BCUT2D eigenvalue weighted by Gasteiger charge is 2.23. The molecular formula is C29H28F2N4O2. The van der Waals surface area contributed by atoms with Gasteiger partial charge in [0.2, 0.25) is 0 Å². The highest BCUT2D eigenvalue weighted by molar-refractivity contribution is 6.03. The molecule has 0 spiro atoms. The number of ether oxygens (including phenoxy) is 1. The van der Waals surface area contributed by atoms with Gasteiger partial charge >= 0.3 is 6.09 Å². The van der Waals surface area contributed by atoms with Gasteiger partial charge in [0.1, 0.15) is 11.6 Å². The summed E-state index contributed by atoms with van der Waals surface area (Å²) >= 11 is 0. The molecule has 5 rings (SSSR count). The van der Waals surface area contributed by atoms with E-state index in [0.717, 1.165) is 59.2 Å². The number of aryl methyl sites for hydroxylation is 1. The van der Waals surface area contributed by atoms with E-state index in [0.29, 0.717) is 11.1 Å². The molecule has 190 valence electrons. The molecule has 1 aliphatic rings. The fourth-order valence-corrected chi connectivity index (χ4v) is 4.96. The maximum atomic E-state index is 14.8. The molecule has 0 unspecified atom stereocenters. The number of anilines is 2. The first-order valence-corrected chi connectivity index (χ1v) is 12.2. The zero-order valence-electron chi connectivity index (χ0n) is 20.7. The lowest BCUT2D eigenvalue weighted by molar-refractivity contribution is 0.187. The second kappa shape index (κ2) is 10.1. The molecule has 1 aromatic heterocycles. The number of methoxy groups -OCH3 is 1. The maximum absolute atomic E-state index is 14.8. The van der Waals surface area contributed by atoms with Crippen molar-refractivity contribution in [1.29, 1.82) is 0 Å². The Labute approximate surface area is 214 Å². The molecule has 4 aromatic rings. The van der Waals surface area contributed by atoms with Crippen molar-refractivity contribution < 1.29 is 18.3 Å². The quantitative estimate of drug-likeness (QED) is 0.344. The summed E-state index contributed by atoms with van der Waals surface area (Å²) in [7, 11) is 1.23. The Morgan fingerprint density at radius 1 is 1.05 bits per heavy atom. The predicted octanol–water partition coefficient (Wildman–Crippen LogP) is 6.26. The van der Waals surface area contributed by atoms with Gasteiger partial charge in [0.05, 0.1) is 24.0 Å². The lowest BCUT2D eigenvalue weighted by Gasteiger charge is -2.34. The van der Waals surface area contributed by atoms with E-state index in [1.807, 2.05) is 31.2 Å². The molecule has 0 radical (unpaired) electrons. The van der Waals surface area contributed by atoms with Crippen molar-refractivity contribution in [3.63, 3.8) is 0 Å². The van der Waals surface area contributed by atoms with Gasteiger partial charge in [0.15, 0.2) is 0 Å². The third-order valence-electron chi connectivity index (χ3n) is 6.79. The van der Waals surface area contributed by atoms with Crippen molar-refractivity contribution >= 4 is 28.4 Å². The number of nitrogens with two attached hydrogens (primary N) is 1. The Morgan fingerprint density at radius 3 is 2.57 bits per heavy atom. The van der Waals surface area contributed by atoms with Crippen molar-refractivity contribution in [1.82, 2.24) is 4.98 Å². The summed E-state index contributed by atoms with van der Waals surface area (Å²) in [6.07, 6.45) is 2.69. The van der Waals surface area contributed by atoms with Crippen molar-refractivity contribution in [3.05, 3.63) is 78.0 Å². The highest BCUT2D eigenvalue weighted by Crippen LogP contribution is 2.41. The first kappa shape index (κ1) is 24.6. The van der Waals surface area contributed by atoms with Gasteiger partial charge in [-0.25, -0.2) is 13.6 Å². The van der Waals surface area contributed by atoms with Gasteiger partial charge in [-0.05, 0) is 66.8 Å². The van der Waals surface area contributed by atoms with E-state index in [4.69, 9.17) is 5.73 Å². The second-order valence-corrected chi connectivity index (χ2v) is 9.37. The maximum Gasteiger partial charge on any atom is 0.411 e. The molecule has 1 fully saturated rings. The van der Waals surface area contributed by atoms with Crippen LogP contribution in [0.4, 0.5) is 25.0 Å². The van der Waals surface area contributed by atoms with E-state index in [9.17, 15) is 13.6 Å². The minimum atomic E-state index is -0.761. The number of aromatic nitrogens is 1. The van der Waals surface area contributed by atoms with E-state index in [2.05, 4.69) is 19.9 Å². The number of rotatable bonds is 4. The van der Waals surface area contributed by atoms with Crippen molar-refractivity contribution in [2.75, 3.05) is 30.4 Å². The molecule has 0 aliphatic carbocycles. The smallest absolute Gasteiger partial charge is 0.411 e. The standard InChI is InChI=1S/C29H28F2N4O2/c1-17-12-19(14-20(30)13-17)24-16-33-26-7-6-18(15-23(26)28(24)35-10-8-21(32)9-11-35)22-4-3-5-25(31)27(22)34-29(36)37-2/h3-7,12-16,21H,8-11,32H2,1-2H3,(H,34,36). The molecule has 1 aliphatic heterocycles. The van der Waals surface area contributed by atoms with Gasteiger partial charge in [0, 0.05) is 41.8 Å². The van der Waals surface area contributed by atoms with E-state index in [1.54, 1.807) is 18.3 Å². The van der Waals surface area contributed by atoms with Gasteiger partial charge in [-0.2, -0.15) is 0 Å². The Kier molecular flexibility index (Phi) is 6.76. The molecule has 0 bridgehead atoms. The number of pyridine rings is 1. The number of para-hydroxylation sites is 1. The average Bonchev–Trinajstić information content (AvgIpc) is 2.88. The van der Waals surface area contributed by atoms with Crippen LogP contribution in [-0.4, -0.2) is 37.3 Å². The van der Waals surface area contributed by atoms with Crippen LogP contribution in [0.1, 0.15) is 18.4 Å². The van der Waals surface area contributed by atoms with Crippen LogP contribution in [0.15, 0.2) is 60.8 Å². The summed E-state index contributed by atoms with van der Waals surface area (Å²) in [5, 5.41) is 3.34. The molecule has 1 saturated heterocycles. The second-order valence-electron chi connectivity index (χ2n) is 9.37. The largest absolute Gasteiger partial charge is 0.453 e. The molecule has 0 saturated carbocycles. The predicted molar refractivity (Wildman–Crippen MR) is 143 cm³/mol. The first-order valence-electron chi connectivity index (χ1n) is 12.2. The summed E-state index contributed by atoms with van der Waals surface area (Å²) in [5.74, 6) is -0.885. The molecule has 37 heavy (non-hydrogen) atoms. The summed E-state index contributed by atoms with van der Waals surface area (Å²) in [4.78, 5) is 18.9. The Hall–Kier alpha value is -4.04. The number of fused-ring (bicyclic) bond motifs is 1. The third-order valence-corrected chi connectivity index (χ3v) is 6.79. The van der Waals surface area contributed by atoms with Crippen LogP contribution >= 0.6 is 0 Å². The van der Waals surface area contributed by atoms with Crippen LogP contribution in [0.2, 0.25) is 0 Å². The fourth-order valence-electron chi connectivity index (χ4n) is 4.96. The van der Waals surface area contributed by atoms with Crippen LogP contribution in [0.5, 0.6) is 0 Å². The first-order chi connectivity index (χ1) is 17.8. The average molecular weight is 503 g/mol. The van der Waals surface area contributed by atoms with Gasteiger partial charge < -0.3 is 15.4 Å². The molecule has 6 nitrogen and oxygen atoms in total. The van der Waals surface area contributed by atoms with Crippen molar-refractivity contribution in [2.24, 2.45) is 5.73 Å². The normalized spacial score (nSPS) is 14.1. The number of carbonyl (C=O) groups is 1. The third kappa shape index (κ3) is 4.97. The molecule has 8 heteroatoms. The van der Waals surface area contributed by atoms with E-state index >= 15 is 0 Å². The number of benzene rings is 3. The van der Waals surface area contributed by atoms with Crippen LogP contribution in [-0.2, 0) is 4.74 Å². The van der Waals surface area contributed by atoms with Gasteiger partial charge in [-0.3, -0.25) is 10.3 Å². The van der Waals surface area contributed by atoms with Crippen molar-refractivity contribution in [2.45, 2.75) is 25.8 Å². The van der Waals surface area contributed by atoms with Gasteiger partial charge in [-0.1, -0.05) is 24.3 Å². The summed E-state index contributed by atoms with van der Waals surface area (Å²) in [6.45, 7) is 3.36. The fraction of sp³-hybridized carbons (Fsp3) is 0.241. The van der Waals surface area contributed by atoms with Crippen LogP contribution < -0.4 is 16.0 Å². The molecule has 3 aromatic carbocycles. The minimum absolute atomic E-state index is 0.0315. The Bertz CT molecular complexity index is 1460. The topological polar surface area (TPSA) is 80.5 Å². The number of hydrogen-bond acceptors (Lipinski definition) is 5. The van der Waals surface area contributed by atoms with E-state index in [-0.39, 0.29) is 17.5 Å². The Morgan fingerprint density at radius 2 is 1.84 bits per heavy atom. The number of nitrogens with one attached hydrogen (secondary N) is 1. The number of halogens is 2. The van der Waals surface area contributed by atoms with Gasteiger partial charge in [-0.15, -0.1) is 0 Å². The molecule has 1 amide bonds. The Balaban J connectivity index is 1.73. The summed E-state index contributed by atoms with van der Waals surface area (Å²) in [6, 6.07) is 15.4. The molecule has 3 N–H and O–H groups in total. The highest BCUT2D eigenvalue weighted by atomic mass is 19.1. The number of nitrogens with zero attached hydrogens (tertiary/aromatic N) is 2. The SMILES string of the molecule is COC(=O)Nc1c(F)cccc1-c1ccc2ncc(-c3cc(C)cc(F)c3)c(N3CCC(N)CC3)c2c1. The van der Waals surface area contributed by atoms with E-state index in [1.165, 1.54) is 25.3 Å². The minimum Gasteiger partial charge on any atom is -0.453 e. The number of amides is 1. The number of piperidine rings is 1. The lowest BCUT2D eigenvalue weighted by Crippen LogP contribution is -2.40. The van der Waals surface area contributed by atoms with E-state index < -0.39 is 11.9 Å². The van der Waals surface area contributed by atoms with Gasteiger partial charge in [0.25, 0.3) is 0 Å². The molecule has 0 atom stereocenters. The summed E-state index contributed by atoms with van der Waals surface area (Å²) < 4.78 is 33.9. The van der Waals surface area contributed by atoms with Crippen molar-refractivity contribution in [3.8, 4) is 22.3 Å².